The molecule has 0 spiro atoms. The van der Waals surface area contributed by atoms with Gasteiger partial charge in [-0.2, -0.15) is 0 Å². The van der Waals surface area contributed by atoms with E-state index in [0.717, 1.165) is 25.9 Å². The molecule has 0 saturated carbocycles. The minimum atomic E-state index is -0.0712. The molecule has 1 heterocycles. The van der Waals surface area contributed by atoms with Gasteiger partial charge in [-0.1, -0.05) is 44.2 Å². The largest absolute Gasteiger partial charge is 0.342 e. The summed E-state index contributed by atoms with van der Waals surface area (Å²) in [5, 5.41) is 0. The number of nitrogens with zero attached hydrogens (tertiary/aromatic N) is 1. The molecular formula is C16H25ClN2O. The van der Waals surface area contributed by atoms with Gasteiger partial charge in [0.1, 0.15) is 0 Å². The Morgan fingerprint density at radius 1 is 1.40 bits per heavy atom. The Bertz CT molecular complexity index is 437. The molecule has 1 amide bonds. The Kier molecular flexibility index (Phi) is 6.03. The molecule has 0 radical (unpaired) electrons. The molecule has 0 aromatic heterocycles. The molecule has 4 heteroatoms. The summed E-state index contributed by atoms with van der Waals surface area (Å²) in [7, 11) is 0. The number of carbonyl (C=O) groups excluding carboxylic acids is 1. The standard InChI is InChI=1S/C16H24N2O.ClH/c1-13(11-17)15(19)18-10-6-9-16(2,12-18)14-7-4-3-5-8-14;/h3-5,7-8,13H,6,9-12,17H2,1-2H3;1H. The third-order valence-electron chi connectivity index (χ3n) is 4.25. The highest BCUT2D eigenvalue weighted by Gasteiger charge is 2.35. The van der Waals surface area contributed by atoms with Crippen molar-refractivity contribution in [1.82, 2.24) is 4.90 Å². The number of amides is 1. The second-order valence-electron chi connectivity index (χ2n) is 5.93. The number of nitrogens with two attached hydrogens (primary N) is 1. The molecule has 1 aromatic rings. The molecule has 1 aliphatic heterocycles. The zero-order valence-electron chi connectivity index (χ0n) is 12.3. The van der Waals surface area contributed by atoms with Gasteiger partial charge in [-0.3, -0.25) is 4.79 Å². The van der Waals surface area contributed by atoms with Gasteiger partial charge in [0, 0.05) is 31.0 Å². The summed E-state index contributed by atoms with van der Waals surface area (Å²) in [6, 6.07) is 10.5. The van der Waals surface area contributed by atoms with Crippen LogP contribution in [0.15, 0.2) is 30.3 Å². The topological polar surface area (TPSA) is 46.3 Å². The van der Waals surface area contributed by atoms with Crippen LogP contribution in [0.25, 0.3) is 0 Å². The predicted octanol–water partition coefficient (Wildman–Crippen LogP) is 2.58. The highest BCUT2D eigenvalue weighted by Crippen LogP contribution is 2.33. The molecule has 1 aliphatic rings. The van der Waals surface area contributed by atoms with Crippen molar-refractivity contribution in [2.45, 2.75) is 32.1 Å². The average molecular weight is 297 g/mol. The van der Waals surface area contributed by atoms with Gasteiger partial charge in [-0.25, -0.2) is 0 Å². The molecule has 0 aliphatic carbocycles. The Labute approximate surface area is 127 Å². The van der Waals surface area contributed by atoms with E-state index in [0.29, 0.717) is 6.54 Å². The maximum atomic E-state index is 12.3. The second-order valence-corrected chi connectivity index (χ2v) is 5.93. The van der Waals surface area contributed by atoms with Gasteiger partial charge in [0.25, 0.3) is 0 Å². The summed E-state index contributed by atoms with van der Waals surface area (Å²) in [5.74, 6) is 0.127. The lowest BCUT2D eigenvalue weighted by molar-refractivity contribution is -0.136. The van der Waals surface area contributed by atoms with Crippen molar-refractivity contribution in [3.8, 4) is 0 Å². The quantitative estimate of drug-likeness (QED) is 0.932. The monoisotopic (exact) mass is 296 g/mol. The van der Waals surface area contributed by atoms with Crippen molar-refractivity contribution in [2.75, 3.05) is 19.6 Å². The van der Waals surface area contributed by atoms with Crippen LogP contribution in [0.1, 0.15) is 32.3 Å². The van der Waals surface area contributed by atoms with Crippen molar-refractivity contribution in [1.29, 1.82) is 0 Å². The van der Waals surface area contributed by atoms with E-state index in [4.69, 9.17) is 5.73 Å². The van der Waals surface area contributed by atoms with Gasteiger partial charge in [0.2, 0.25) is 5.91 Å². The fourth-order valence-corrected chi connectivity index (χ4v) is 2.92. The van der Waals surface area contributed by atoms with Crippen molar-refractivity contribution in [3.05, 3.63) is 35.9 Å². The minimum absolute atomic E-state index is 0. The van der Waals surface area contributed by atoms with Gasteiger partial charge in [0.05, 0.1) is 0 Å². The lowest BCUT2D eigenvalue weighted by atomic mass is 9.75. The van der Waals surface area contributed by atoms with E-state index >= 15 is 0 Å². The van der Waals surface area contributed by atoms with Crippen molar-refractivity contribution < 1.29 is 4.79 Å². The molecular weight excluding hydrogens is 272 g/mol. The van der Waals surface area contributed by atoms with Crippen LogP contribution in [0.4, 0.5) is 0 Å². The summed E-state index contributed by atoms with van der Waals surface area (Å²) in [6.45, 7) is 6.27. The van der Waals surface area contributed by atoms with Crippen LogP contribution in [0, 0.1) is 5.92 Å². The van der Waals surface area contributed by atoms with Gasteiger partial charge < -0.3 is 10.6 Å². The molecule has 0 bridgehead atoms. The average Bonchev–Trinajstić information content (AvgIpc) is 2.46. The maximum Gasteiger partial charge on any atom is 0.226 e. The molecule has 1 fully saturated rings. The van der Waals surface area contributed by atoms with Crippen LogP contribution in [0.3, 0.4) is 0 Å². The number of carbonyl (C=O) groups is 1. The minimum Gasteiger partial charge on any atom is -0.342 e. The molecule has 3 nitrogen and oxygen atoms in total. The zero-order valence-corrected chi connectivity index (χ0v) is 13.2. The van der Waals surface area contributed by atoms with Gasteiger partial charge in [-0.05, 0) is 18.4 Å². The zero-order chi connectivity index (χ0) is 13.9. The highest BCUT2D eigenvalue weighted by atomic mass is 35.5. The lowest BCUT2D eigenvalue weighted by Crippen LogP contribution is -2.49. The fraction of sp³-hybridized carbons (Fsp3) is 0.562. The number of halogens is 1. The normalized spacial score (nSPS) is 23.9. The van der Waals surface area contributed by atoms with Gasteiger partial charge >= 0.3 is 0 Å². The van der Waals surface area contributed by atoms with E-state index in [1.165, 1.54) is 5.56 Å². The summed E-state index contributed by atoms with van der Waals surface area (Å²) >= 11 is 0. The van der Waals surface area contributed by atoms with Crippen LogP contribution < -0.4 is 5.73 Å². The summed E-state index contributed by atoms with van der Waals surface area (Å²) in [4.78, 5) is 14.3. The molecule has 1 saturated heterocycles. The first kappa shape index (κ1) is 17.0. The number of hydrogen-bond acceptors (Lipinski definition) is 2. The maximum absolute atomic E-state index is 12.3. The fourth-order valence-electron chi connectivity index (χ4n) is 2.92. The van der Waals surface area contributed by atoms with Crippen LogP contribution >= 0.6 is 12.4 Å². The lowest BCUT2D eigenvalue weighted by Gasteiger charge is -2.41. The highest BCUT2D eigenvalue weighted by molar-refractivity contribution is 5.85. The van der Waals surface area contributed by atoms with E-state index in [1.54, 1.807) is 0 Å². The summed E-state index contributed by atoms with van der Waals surface area (Å²) in [5.41, 5.74) is 7.01. The number of hydrogen-bond donors (Lipinski definition) is 1. The number of rotatable bonds is 3. The second kappa shape index (κ2) is 7.09. The van der Waals surface area contributed by atoms with Gasteiger partial charge in [0.15, 0.2) is 0 Å². The number of benzene rings is 1. The first-order valence-electron chi connectivity index (χ1n) is 7.11. The molecule has 20 heavy (non-hydrogen) atoms. The van der Waals surface area contributed by atoms with Crippen LogP contribution in [0.2, 0.25) is 0 Å². The molecule has 2 unspecified atom stereocenters. The van der Waals surface area contributed by atoms with E-state index in [2.05, 4.69) is 31.2 Å². The van der Waals surface area contributed by atoms with Crippen LogP contribution in [0.5, 0.6) is 0 Å². The van der Waals surface area contributed by atoms with Crippen molar-refractivity contribution in [3.63, 3.8) is 0 Å². The van der Waals surface area contributed by atoms with E-state index < -0.39 is 0 Å². The number of piperidine rings is 1. The first-order chi connectivity index (χ1) is 9.07. The molecule has 112 valence electrons. The molecule has 2 atom stereocenters. The number of likely N-dealkylation sites (tertiary alicyclic amines) is 1. The van der Waals surface area contributed by atoms with Gasteiger partial charge in [-0.15, -0.1) is 12.4 Å². The molecule has 2 N–H and O–H groups in total. The summed E-state index contributed by atoms with van der Waals surface area (Å²) in [6.07, 6.45) is 2.20. The van der Waals surface area contributed by atoms with Crippen molar-refractivity contribution in [2.24, 2.45) is 11.7 Å². The Balaban J connectivity index is 0.00000200. The Morgan fingerprint density at radius 3 is 2.65 bits per heavy atom. The molecule has 1 aromatic carbocycles. The third kappa shape index (κ3) is 3.53. The van der Waals surface area contributed by atoms with E-state index in [-0.39, 0.29) is 29.6 Å². The predicted molar refractivity (Wildman–Crippen MR) is 85.1 cm³/mol. The first-order valence-corrected chi connectivity index (χ1v) is 7.11. The van der Waals surface area contributed by atoms with Crippen LogP contribution in [-0.4, -0.2) is 30.4 Å². The Hall–Kier alpha value is -1.06. The van der Waals surface area contributed by atoms with E-state index in [9.17, 15) is 4.79 Å². The van der Waals surface area contributed by atoms with Crippen molar-refractivity contribution >= 4 is 18.3 Å². The summed E-state index contributed by atoms with van der Waals surface area (Å²) < 4.78 is 0. The van der Waals surface area contributed by atoms with Crippen LogP contribution in [-0.2, 0) is 10.2 Å². The molecule has 2 rings (SSSR count). The smallest absolute Gasteiger partial charge is 0.226 e. The third-order valence-corrected chi connectivity index (χ3v) is 4.25. The van der Waals surface area contributed by atoms with E-state index in [1.807, 2.05) is 17.9 Å². The Morgan fingerprint density at radius 2 is 2.05 bits per heavy atom. The SMILES string of the molecule is CC(CN)C(=O)N1CCCC(C)(c2ccccc2)C1.Cl.